The van der Waals surface area contributed by atoms with Crippen LogP contribution in [0.25, 0.3) is 0 Å². The molecule has 2 unspecified atom stereocenters. The maximum absolute atomic E-state index is 11.1. The molecule has 0 bridgehead atoms. The van der Waals surface area contributed by atoms with Crippen molar-refractivity contribution >= 4 is 5.91 Å². The summed E-state index contributed by atoms with van der Waals surface area (Å²) < 4.78 is 0. The first-order chi connectivity index (χ1) is 9.06. The van der Waals surface area contributed by atoms with Gasteiger partial charge in [0.1, 0.15) is 0 Å². The molecule has 3 nitrogen and oxygen atoms in total. The Labute approximate surface area is 115 Å². The molecule has 0 radical (unpaired) electrons. The van der Waals surface area contributed by atoms with Gasteiger partial charge in [-0.25, -0.2) is 0 Å². The van der Waals surface area contributed by atoms with Crippen molar-refractivity contribution in [3.63, 3.8) is 0 Å². The van der Waals surface area contributed by atoms with Crippen molar-refractivity contribution in [2.45, 2.75) is 39.7 Å². The first kappa shape index (κ1) is 14.1. The summed E-state index contributed by atoms with van der Waals surface area (Å²) in [6.07, 6.45) is 4.08. The van der Waals surface area contributed by atoms with Gasteiger partial charge in [0.05, 0.1) is 0 Å². The highest BCUT2D eigenvalue weighted by atomic mass is 16.1. The minimum Gasteiger partial charge on any atom is -0.366 e. The molecule has 1 aromatic carbocycles. The average Bonchev–Trinajstić information content (AvgIpc) is 2.77. The van der Waals surface area contributed by atoms with Crippen LogP contribution in [0.15, 0.2) is 18.2 Å². The maximum atomic E-state index is 11.1. The predicted molar refractivity (Wildman–Crippen MR) is 77.9 cm³/mol. The third-order valence-electron chi connectivity index (χ3n) is 4.18. The van der Waals surface area contributed by atoms with Crippen LogP contribution in [0.4, 0.5) is 0 Å². The summed E-state index contributed by atoms with van der Waals surface area (Å²) in [5.41, 5.74) is 8.24. The van der Waals surface area contributed by atoms with Crippen molar-refractivity contribution < 1.29 is 4.79 Å². The Kier molecular flexibility index (Phi) is 4.59. The molecule has 1 aliphatic rings. The third kappa shape index (κ3) is 3.80. The van der Waals surface area contributed by atoms with Gasteiger partial charge in [0.2, 0.25) is 5.91 Å². The molecule has 3 heteroatoms. The molecule has 104 valence electrons. The molecule has 19 heavy (non-hydrogen) atoms. The number of hydrogen-bond donors (Lipinski definition) is 2. The number of hydrogen-bond acceptors (Lipinski definition) is 2. The fraction of sp³-hybridized carbons (Fsp3) is 0.562. The summed E-state index contributed by atoms with van der Waals surface area (Å²) in [5.74, 6) is 1.37. The van der Waals surface area contributed by atoms with Gasteiger partial charge in [-0.15, -0.1) is 0 Å². The minimum absolute atomic E-state index is 0.359. The monoisotopic (exact) mass is 260 g/mol. The van der Waals surface area contributed by atoms with E-state index < -0.39 is 0 Å². The molecule has 1 saturated carbocycles. The van der Waals surface area contributed by atoms with E-state index in [0.717, 1.165) is 30.5 Å². The molecule has 2 atom stereocenters. The number of rotatable bonds is 5. The Hall–Kier alpha value is -1.35. The van der Waals surface area contributed by atoms with Crippen molar-refractivity contribution in [3.8, 4) is 0 Å². The summed E-state index contributed by atoms with van der Waals surface area (Å²) in [7, 11) is 0. The van der Waals surface area contributed by atoms with Crippen molar-refractivity contribution in [1.82, 2.24) is 5.32 Å². The zero-order valence-corrected chi connectivity index (χ0v) is 11.9. The molecule has 1 fully saturated rings. The van der Waals surface area contributed by atoms with Gasteiger partial charge in [-0.1, -0.05) is 19.4 Å². The second kappa shape index (κ2) is 6.20. The van der Waals surface area contributed by atoms with Crippen LogP contribution in [0.5, 0.6) is 0 Å². The van der Waals surface area contributed by atoms with Gasteiger partial charge in [0.15, 0.2) is 0 Å². The Morgan fingerprint density at radius 2 is 2.21 bits per heavy atom. The number of carbonyl (C=O) groups is 1. The zero-order chi connectivity index (χ0) is 13.8. The van der Waals surface area contributed by atoms with E-state index in [1.54, 1.807) is 0 Å². The van der Waals surface area contributed by atoms with Gasteiger partial charge in [-0.3, -0.25) is 4.79 Å². The van der Waals surface area contributed by atoms with Crippen LogP contribution in [-0.2, 0) is 6.54 Å². The number of nitrogens with two attached hydrogens (primary N) is 1. The Morgan fingerprint density at radius 3 is 2.79 bits per heavy atom. The Bertz CT molecular complexity index is 456. The quantitative estimate of drug-likeness (QED) is 0.855. The van der Waals surface area contributed by atoms with Gasteiger partial charge < -0.3 is 11.1 Å². The highest BCUT2D eigenvalue weighted by molar-refractivity contribution is 5.93. The summed E-state index contributed by atoms with van der Waals surface area (Å²) in [6.45, 7) is 6.34. The molecule has 0 saturated heterocycles. The molecule has 0 spiro atoms. The predicted octanol–water partition coefficient (Wildman–Crippen LogP) is 2.62. The summed E-state index contributed by atoms with van der Waals surface area (Å²) in [4.78, 5) is 11.1. The van der Waals surface area contributed by atoms with Crippen molar-refractivity contribution in [3.05, 3.63) is 34.9 Å². The lowest BCUT2D eigenvalue weighted by Crippen LogP contribution is -2.21. The number of nitrogens with one attached hydrogen (secondary N) is 1. The van der Waals surface area contributed by atoms with Crippen molar-refractivity contribution in [2.75, 3.05) is 6.54 Å². The van der Waals surface area contributed by atoms with Gasteiger partial charge >= 0.3 is 0 Å². The minimum atomic E-state index is -0.359. The second-order valence-corrected chi connectivity index (χ2v) is 5.92. The van der Waals surface area contributed by atoms with E-state index in [4.69, 9.17) is 5.73 Å². The summed E-state index contributed by atoms with van der Waals surface area (Å²) >= 11 is 0. The van der Waals surface area contributed by atoms with Crippen LogP contribution in [0, 0.1) is 18.8 Å². The molecule has 0 aliphatic heterocycles. The molecular formula is C16H24N2O. The topological polar surface area (TPSA) is 55.1 Å². The number of aryl methyl sites for hydroxylation is 1. The van der Waals surface area contributed by atoms with Gasteiger partial charge in [0.25, 0.3) is 0 Å². The summed E-state index contributed by atoms with van der Waals surface area (Å²) in [6, 6.07) is 5.68. The molecule has 1 amide bonds. The fourth-order valence-corrected chi connectivity index (χ4v) is 2.97. The molecule has 3 N–H and O–H groups in total. The van der Waals surface area contributed by atoms with E-state index in [2.05, 4.69) is 12.2 Å². The average molecular weight is 260 g/mol. The van der Waals surface area contributed by atoms with Crippen LogP contribution in [0.3, 0.4) is 0 Å². The maximum Gasteiger partial charge on any atom is 0.248 e. The van der Waals surface area contributed by atoms with Gasteiger partial charge in [-0.2, -0.15) is 0 Å². The first-order valence-electron chi connectivity index (χ1n) is 7.16. The molecule has 1 aromatic rings. The number of carbonyl (C=O) groups excluding carboxylic acids is 1. The molecule has 0 aromatic heterocycles. The molecular weight excluding hydrogens is 236 g/mol. The van der Waals surface area contributed by atoms with Crippen LogP contribution in [0.2, 0.25) is 0 Å². The number of benzene rings is 1. The SMILES string of the molecule is Cc1cc(C(N)=O)ccc1CNCC1CCC(C)C1. The normalized spacial score (nSPS) is 22.6. The van der Waals surface area contributed by atoms with Crippen molar-refractivity contribution in [1.29, 1.82) is 0 Å². The smallest absolute Gasteiger partial charge is 0.248 e. The van der Waals surface area contributed by atoms with Crippen molar-refractivity contribution in [2.24, 2.45) is 17.6 Å². The highest BCUT2D eigenvalue weighted by Crippen LogP contribution is 2.29. The zero-order valence-electron chi connectivity index (χ0n) is 11.9. The van der Waals surface area contributed by atoms with E-state index in [9.17, 15) is 4.79 Å². The number of primary amides is 1. The highest BCUT2D eigenvalue weighted by Gasteiger charge is 2.20. The third-order valence-corrected chi connectivity index (χ3v) is 4.18. The van der Waals surface area contributed by atoms with E-state index >= 15 is 0 Å². The number of amides is 1. The Balaban J connectivity index is 1.84. The van der Waals surface area contributed by atoms with Crippen LogP contribution >= 0.6 is 0 Å². The lowest BCUT2D eigenvalue weighted by atomic mass is 10.0. The largest absolute Gasteiger partial charge is 0.366 e. The lowest BCUT2D eigenvalue weighted by Gasteiger charge is -2.13. The lowest BCUT2D eigenvalue weighted by molar-refractivity contribution is 0.1000. The summed E-state index contributed by atoms with van der Waals surface area (Å²) in [5, 5.41) is 3.54. The van der Waals surface area contributed by atoms with Crippen LogP contribution in [0.1, 0.15) is 47.7 Å². The standard InChI is InChI=1S/C16H24N2O/c1-11-3-4-13(7-11)9-18-10-15-6-5-14(16(17)19)8-12(15)2/h5-6,8,11,13,18H,3-4,7,9-10H2,1-2H3,(H2,17,19). The molecule has 1 aliphatic carbocycles. The second-order valence-electron chi connectivity index (χ2n) is 5.92. The van der Waals surface area contributed by atoms with E-state index in [1.165, 1.54) is 24.8 Å². The Morgan fingerprint density at radius 1 is 1.42 bits per heavy atom. The fourth-order valence-electron chi connectivity index (χ4n) is 2.97. The van der Waals surface area contributed by atoms with E-state index in [-0.39, 0.29) is 5.91 Å². The van der Waals surface area contributed by atoms with Crippen LogP contribution < -0.4 is 11.1 Å². The van der Waals surface area contributed by atoms with E-state index in [0.29, 0.717) is 5.56 Å². The van der Waals surface area contributed by atoms with Gasteiger partial charge in [0, 0.05) is 12.1 Å². The van der Waals surface area contributed by atoms with E-state index in [1.807, 2.05) is 25.1 Å². The van der Waals surface area contributed by atoms with Gasteiger partial charge in [-0.05, 0) is 61.4 Å². The molecule has 2 rings (SSSR count). The van der Waals surface area contributed by atoms with Crippen LogP contribution in [-0.4, -0.2) is 12.5 Å². The molecule has 0 heterocycles. The first-order valence-corrected chi connectivity index (χ1v) is 7.16.